The Bertz CT molecular complexity index is 416. The zero-order chi connectivity index (χ0) is 12.8. The minimum Gasteiger partial charge on any atom is -0.294 e. The third-order valence-corrected chi connectivity index (χ3v) is 3.66. The lowest BCUT2D eigenvalue weighted by molar-refractivity contribution is -0.113. The van der Waals surface area contributed by atoms with Crippen molar-refractivity contribution < 1.29 is 4.79 Å². The molecule has 0 heterocycles. The summed E-state index contributed by atoms with van der Waals surface area (Å²) < 4.78 is 0. The first-order valence-electron chi connectivity index (χ1n) is 7.11. The number of carbonyl (C=O) groups is 1. The van der Waals surface area contributed by atoms with E-state index in [-0.39, 0.29) is 0 Å². The normalized spacial score (nSPS) is 19.1. The van der Waals surface area contributed by atoms with Crippen molar-refractivity contribution in [3.8, 4) is 0 Å². The topological polar surface area (TPSA) is 17.1 Å². The van der Waals surface area contributed by atoms with Gasteiger partial charge in [-0.25, -0.2) is 0 Å². The summed E-state index contributed by atoms with van der Waals surface area (Å²) in [5.74, 6) is 0.797. The number of hydrogen-bond acceptors (Lipinski definition) is 1. The molecule has 2 rings (SSSR count). The van der Waals surface area contributed by atoms with Crippen molar-refractivity contribution in [3.63, 3.8) is 0 Å². The molecule has 0 aliphatic heterocycles. The van der Waals surface area contributed by atoms with Gasteiger partial charge in [-0.15, -0.1) is 0 Å². The Morgan fingerprint density at radius 2 is 1.89 bits per heavy atom. The first-order valence-corrected chi connectivity index (χ1v) is 7.11. The van der Waals surface area contributed by atoms with Gasteiger partial charge in [0.1, 0.15) is 0 Å². The molecule has 1 nitrogen and oxygen atoms in total. The van der Waals surface area contributed by atoms with Crippen molar-refractivity contribution in [1.29, 1.82) is 0 Å². The van der Waals surface area contributed by atoms with Crippen LogP contribution in [0.4, 0.5) is 0 Å². The maximum Gasteiger partial charge on any atom is 0.163 e. The molecule has 0 fully saturated rings. The second-order valence-corrected chi connectivity index (χ2v) is 5.18. The first kappa shape index (κ1) is 13.1. The zero-order valence-electron chi connectivity index (χ0n) is 11.2. The van der Waals surface area contributed by atoms with Gasteiger partial charge in [-0.3, -0.25) is 4.79 Å². The second-order valence-electron chi connectivity index (χ2n) is 5.18. The molecule has 0 saturated heterocycles. The fourth-order valence-electron chi connectivity index (χ4n) is 2.63. The quantitative estimate of drug-likeness (QED) is 0.665. The molecular formula is C17H22O. The number of Topliss-reactive ketones (excluding diaryl/α,β-unsaturated/α-hetero) is 1. The number of rotatable bonds is 6. The van der Waals surface area contributed by atoms with Crippen LogP contribution in [0.3, 0.4) is 0 Å². The Morgan fingerprint density at radius 1 is 1.11 bits per heavy atom. The van der Waals surface area contributed by atoms with Crippen LogP contribution in [0.2, 0.25) is 0 Å². The molecule has 1 aromatic rings. The lowest BCUT2D eigenvalue weighted by Crippen LogP contribution is -1.98. The molecule has 0 saturated carbocycles. The van der Waals surface area contributed by atoms with Gasteiger partial charge in [0.15, 0.2) is 5.78 Å². The van der Waals surface area contributed by atoms with Crippen molar-refractivity contribution in [2.24, 2.45) is 5.92 Å². The molecule has 0 aromatic heterocycles. The molecule has 96 valence electrons. The molecule has 1 aliphatic carbocycles. The fourth-order valence-corrected chi connectivity index (χ4v) is 2.63. The lowest BCUT2D eigenvalue weighted by atomic mass is 10.0. The Labute approximate surface area is 110 Å². The van der Waals surface area contributed by atoms with Gasteiger partial charge in [0.2, 0.25) is 0 Å². The third kappa shape index (κ3) is 3.32. The monoisotopic (exact) mass is 242 g/mol. The van der Waals surface area contributed by atoms with Gasteiger partial charge in [-0.05, 0) is 17.9 Å². The molecule has 1 heteroatoms. The minimum absolute atomic E-state index is 0.321. The molecule has 1 atom stereocenters. The highest BCUT2D eigenvalue weighted by atomic mass is 16.1. The summed E-state index contributed by atoms with van der Waals surface area (Å²) in [6.07, 6.45) is 9.23. The summed E-state index contributed by atoms with van der Waals surface area (Å²) in [7, 11) is 0. The van der Waals surface area contributed by atoms with E-state index >= 15 is 0 Å². The summed E-state index contributed by atoms with van der Waals surface area (Å²) in [4.78, 5) is 12.0. The predicted molar refractivity (Wildman–Crippen MR) is 76.3 cm³/mol. The van der Waals surface area contributed by atoms with Crippen molar-refractivity contribution >= 4 is 11.4 Å². The van der Waals surface area contributed by atoms with Crippen LogP contribution in [0.15, 0.2) is 36.4 Å². The van der Waals surface area contributed by atoms with Gasteiger partial charge < -0.3 is 0 Å². The number of carbonyl (C=O) groups excluding carboxylic acids is 1. The summed E-state index contributed by atoms with van der Waals surface area (Å²) in [6.45, 7) is 2.23. The Balaban J connectivity index is 1.93. The van der Waals surface area contributed by atoms with E-state index in [9.17, 15) is 4.79 Å². The van der Waals surface area contributed by atoms with Crippen LogP contribution >= 0.6 is 0 Å². The van der Waals surface area contributed by atoms with Gasteiger partial charge in [-0.1, -0.05) is 69.0 Å². The van der Waals surface area contributed by atoms with Crippen molar-refractivity contribution in [2.45, 2.75) is 45.4 Å². The van der Waals surface area contributed by atoms with Gasteiger partial charge in [0.25, 0.3) is 0 Å². The van der Waals surface area contributed by atoms with Crippen LogP contribution in [0.25, 0.3) is 5.57 Å². The lowest BCUT2D eigenvalue weighted by Gasteiger charge is -2.04. The molecule has 0 N–H and O–H groups in total. The second kappa shape index (κ2) is 6.53. The van der Waals surface area contributed by atoms with Crippen molar-refractivity contribution in [2.75, 3.05) is 0 Å². The van der Waals surface area contributed by atoms with Crippen LogP contribution in [-0.4, -0.2) is 5.78 Å². The van der Waals surface area contributed by atoms with E-state index in [0.717, 1.165) is 17.6 Å². The summed E-state index contributed by atoms with van der Waals surface area (Å²) in [6, 6.07) is 10.0. The van der Waals surface area contributed by atoms with E-state index in [4.69, 9.17) is 0 Å². The maximum atomic E-state index is 12.0. The third-order valence-electron chi connectivity index (χ3n) is 3.66. The molecular weight excluding hydrogens is 220 g/mol. The van der Waals surface area contributed by atoms with E-state index in [0.29, 0.717) is 11.7 Å². The highest BCUT2D eigenvalue weighted by Gasteiger charge is 2.24. The van der Waals surface area contributed by atoms with Crippen molar-refractivity contribution in [1.82, 2.24) is 0 Å². The Hall–Kier alpha value is -1.37. The summed E-state index contributed by atoms with van der Waals surface area (Å²) >= 11 is 0. The predicted octanol–water partition coefficient (Wildman–Crippen LogP) is 4.63. The number of ketones is 1. The first-order chi connectivity index (χ1) is 8.81. The molecule has 0 amide bonds. The SMILES string of the molecule is CCCCCCC1C=C(c2ccccc2)C(=O)C1. The van der Waals surface area contributed by atoms with E-state index < -0.39 is 0 Å². The van der Waals surface area contributed by atoms with Crippen LogP contribution < -0.4 is 0 Å². The van der Waals surface area contributed by atoms with Gasteiger partial charge in [0.05, 0.1) is 0 Å². The molecule has 18 heavy (non-hydrogen) atoms. The number of benzene rings is 1. The average Bonchev–Trinajstić information content (AvgIpc) is 2.77. The molecule has 1 aliphatic rings. The van der Waals surface area contributed by atoms with E-state index in [1.807, 2.05) is 30.3 Å². The fraction of sp³-hybridized carbons (Fsp3) is 0.471. The van der Waals surface area contributed by atoms with Crippen LogP contribution in [-0.2, 0) is 4.79 Å². The molecule has 0 bridgehead atoms. The van der Waals surface area contributed by atoms with Crippen LogP contribution in [0.1, 0.15) is 51.0 Å². The number of unbranched alkanes of at least 4 members (excludes halogenated alkanes) is 3. The zero-order valence-corrected chi connectivity index (χ0v) is 11.2. The van der Waals surface area contributed by atoms with Gasteiger partial charge >= 0.3 is 0 Å². The summed E-state index contributed by atoms with van der Waals surface area (Å²) in [5.41, 5.74) is 2.02. The molecule has 1 aromatic carbocycles. The Kier molecular flexibility index (Phi) is 4.74. The summed E-state index contributed by atoms with van der Waals surface area (Å²) in [5, 5.41) is 0. The largest absolute Gasteiger partial charge is 0.294 e. The smallest absolute Gasteiger partial charge is 0.163 e. The maximum absolute atomic E-state index is 12.0. The van der Waals surface area contributed by atoms with Crippen LogP contribution in [0, 0.1) is 5.92 Å². The number of hydrogen-bond donors (Lipinski definition) is 0. The standard InChI is InChI=1S/C17H22O/c1-2-3-4-6-9-14-12-16(17(18)13-14)15-10-7-5-8-11-15/h5,7-8,10-12,14H,2-4,6,9,13H2,1H3. The van der Waals surface area contributed by atoms with Crippen LogP contribution in [0.5, 0.6) is 0 Å². The highest BCUT2D eigenvalue weighted by Crippen LogP contribution is 2.31. The van der Waals surface area contributed by atoms with E-state index in [1.165, 1.54) is 32.1 Å². The van der Waals surface area contributed by atoms with Gasteiger partial charge in [-0.2, -0.15) is 0 Å². The highest BCUT2D eigenvalue weighted by molar-refractivity contribution is 6.22. The molecule has 1 unspecified atom stereocenters. The van der Waals surface area contributed by atoms with Crippen molar-refractivity contribution in [3.05, 3.63) is 42.0 Å². The number of allylic oxidation sites excluding steroid dienone is 2. The molecule has 0 radical (unpaired) electrons. The van der Waals surface area contributed by atoms with E-state index in [1.54, 1.807) is 0 Å². The Morgan fingerprint density at radius 3 is 2.61 bits per heavy atom. The minimum atomic E-state index is 0.321. The van der Waals surface area contributed by atoms with E-state index in [2.05, 4.69) is 13.0 Å². The average molecular weight is 242 g/mol. The van der Waals surface area contributed by atoms with Gasteiger partial charge in [0, 0.05) is 12.0 Å². The molecule has 0 spiro atoms.